The summed E-state index contributed by atoms with van der Waals surface area (Å²) < 4.78 is 56.8. The Kier molecular flexibility index (Phi) is 5.56. The molecule has 0 saturated carbocycles. The van der Waals surface area contributed by atoms with Gasteiger partial charge in [0, 0.05) is 5.69 Å². The highest BCUT2D eigenvalue weighted by Crippen LogP contribution is 2.33. The molecule has 2 rings (SSSR count). The summed E-state index contributed by atoms with van der Waals surface area (Å²) >= 11 is 0. The molecule has 0 aliphatic carbocycles. The summed E-state index contributed by atoms with van der Waals surface area (Å²) in [4.78, 5) is 12.2. The molecule has 4 nitrogen and oxygen atoms in total. The Bertz CT molecular complexity index is 786. The standard InChI is InChI=1S/C18H17F4NO3/c1-11-3-6-13(9-15(11)18(20,21)22)23-16(24)17(2,25)10-26-14-7-4-12(19)5-8-14/h3-9,25H,10H2,1-2H3,(H,23,24)/t17-/m0/s1. The number of ether oxygens (including phenoxy) is 1. The Hall–Kier alpha value is -2.61. The molecule has 2 N–H and O–H groups in total. The molecule has 8 heteroatoms. The summed E-state index contributed by atoms with van der Waals surface area (Å²) in [5.74, 6) is -1.17. The lowest BCUT2D eigenvalue weighted by Crippen LogP contribution is -2.45. The van der Waals surface area contributed by atoms with Gasteiger partial charge in [0.05, 0.1) is 5.56 Å². The molecule has 1 amide bonds. The van der Waals surface area contributed by atoms with E-state index in [1.807, 2.05) is 0 Å². The van der Waals surface area contributed by atoms with Crippen molar-refractivity contribution in [2.75, 3.05) is 11.9 Å². The van der Waals surface area contributed by atoms with Crippen molar-refractivity contribution < 1.29 is 32.2 Å². The Morgan fingerprint density at radius 1 is 1.15 bits per heavy atom. The summed E-state index contributed by atoms with van der Waals surface area (Å²) in [7, 11) is 0. The maximum atomic E-state index is 12.9. The van der Waals surface area contributed by atoms with Gasteiger partial charge in [-0.15, -0.1) is 0 Å². The fraction of sp³-hybridized carbons (Fsp3) is 0.278. The second-order valence-electron chi connectivity index (χ2n) is 6.00. The largest absolute Gasteiger partial charge is 0.490 e. The van der Waals surface area contributed by atoms with Crippen molar-refractivity contribution in [3.8, 4) is 5.75 Å². The molecule has 2 aromatic carbocycles. The third kappa shape index (κ3) is 4.95. The van der Waals surface area contributed by atoms with E-state index in [4.69, 9.17) is 4.74 Å². The minimum Gasteiger partial charge on any atom is -0.490 e. The van der Waals surface area contributed by atoms with Gasteiger partial charge in [-0.3, -0.25) is 4.79 Å². The zero-order valence-electron chi connectivity index (χ0n) is 14.0. The van der Waals surface area contributed by atoms with Crippen LogP contribution in [0.25, 0.3) is 0 Å². The monoisotopic (exact) mass is 371 g/mol. The van der Waals surface area contributed by atoms with E-state index in [-0.39, 0.29) is 17.0 Å². The van der Waals surface area contributed by atoms with Gasteiger partial charge in [0.15, 0.2) is 5.60 Å². The highest BCUT2D eigenvalue weighted by atomic mass is 19.4. The normalized spacial score (nSPS) is 13.8. The Morgan fingerprint density at radius 2 is 1.77 bits per heavy atom. The summed E-state index contributed by atoms with van der Waals surface area (Å²) in [6, 6.07) is 8.26. The third-order valence-electron chi connectivity index (χ3n) is 3.62. The number of amides is 1. The quantitative estimate of drug-likeness (QED) is 0.784. The molecule has 0 heterocycles. The molecule has 0 unspecified atom stereocenters. The molecule has 0 aliphatic rings. The van der Waals surface area contributed by atoms with Gasteiger partial charge in [-0.2, -0.15) is 13.2 Å². The van der Waals surface area contributed by atoms with E-state index in [1.165, 1.54) is 31.2 Å². The average Bonchev–Trinajstić information content (AvgIpc) is 2.55. The highest BCUT2D eigenvalue weighted by Gasteiger charge is 2.34. The molecule has 1 atom stereocenters. The molecule has 26 heavy (non-hydrogen) atoms. The lowest BCUT2D eigenvalue weighted by molar-refractivity contribution is -0.138. The third-order valence-corrected chi connectivity index (χ3v) is 3.62. The number of carbonyl (C=O) groups is 1. The number of anilines is 1. The first-order valence-corrected chi connectivity index (χ1v) is 7.59. The molecular formula is C18H17F4NO3. The Labute approximate surface area is 147 Å². The van der Waals surface area contributed by atoms with Gasteiger partial charge in [0.2, 0.25) is 0 Å². The zero-order valence-corrected chi connectivity index (χ0v) is 14.0. The van der Waals surface area contributed by atoms with Crippen molar-refractivity contribution in [3.63, 3.8) is 0 Å². The fourth-order valence-corrected chi connectivity index (χ4v) is 2.09. The predicted octanol–water partition coefficient (Wildman–Crippen LogP) is 3.92. The van der Waals surface area contributed by atoms with Crippen LogP contribution in [0.4, 0.5) is 23.2 Å². The second-order valence-corrected chi connectivity index (χ2v) is 6.00. The topological polar surface area (TPSA) is 58.6 Å². The number of halogens is 4. The van der Waals surface area contributed by atoms with Crippen LogP contribution in [0.5, 0.6) is 5.75 Å². The van der Waals surface area contributed by atoms with Crippen LogP contribution in [0, 0.1) is 12.7 Å². The van der Waals surface area contributed by atoms with Crippen LogP contribution in [-0.2, 0) is 11.0 Å². The van der Waals surface area contributed by atoms with Crippen molar-refractivity contribution in [1.29, 1.82) is 0 Å². The maximum absolute atomic E-state index is 12.9. The molecule has 0 spiro atoms. The summed E-state index contributed by atoms with van der Waals surface area (Å²) in [5.41, 5.74) is -2.98. The van der Waals surface area contributed by atoms with Crippen molar-refractivity contribution in [3.05, 3.63) is 59.4 Å². The molecule has 2 aromatic rings. The van der Waals surface area contributed by atoms with Gasteiger partial charge in [-0.05, 0) is 55.8 Å². The first-order chi connectivity index (χ1) is 12.0. The summed E-state index contributed by atoms with van der Waals surface area (Å²) in [6.45, 7) is 1.99. The highest BCUT2D eigenvalue weighted by molar-refractivity contribution is 5.97. The number of nitrogens with one attached hydrogen (secondary N) is 1. The van der Waals surface area contributed by atoms with Crippen molar-refractivity contribution in [1.82, 2.24) is 0 Å². The summed E-state index contributed by atoms with van der Waals surface area (Å²) in [6.07, 6.45) is -4.56. The molecule has 0 aliphatic heterocycles. The second kappa shape index (κ2) is 7.33. The number of hydrogen-bond acceptors (Lipinski definition) is 3. The van der Waals surface area contributed by atoms with Gasteiger partial charge in [-0.25, -0.2) is 4.39 Å². The van der Waals surface area contributed by atoms with E-state index < -0.39 is 35.7 Å². The van der Waals surface area contributed by atoms with Crippen LogP contribution >= 0.6 is 0 Å². The molecule has 0 radical (unpaired) electrons. The van der Waals surface area contributed by atoms with Crippen LogP contribution in [0.3, 0.4) is 0 Å². The van der Waals surface area contributed by atoms with Gasteiger partial charge >= 0.3 is 6.18 Å². The minimum absolute atomic E-state index is 0.0157. The van der Waals surface area contributed by atoms with Crippen LogP contribution in [0.15, 0.2) is 42.5 Å². The van der Waals surface area contributed by atoms with Crippen molar-refractivity contribution in [2.45, 2.75) is 25.6 Å². The zero-order chi connectivity index (χ0) is 19.5. The first kappa shape index (κ1) is 19.7. The van der Waals surface area contributed by atoms with E-state index in [2.05, 4.69) is 5.32 Å². The molecule has 140 valence electrons. The van der Waals surface area contributed by atoms with Crippen molar-refractivity contribution >= 4 is 11.6 Å². The number of aryl methyl sites for hydroxylation is 1. The smallest absolute Gasteiger partial charge is 0.416 e. The lowest BCUT2D eigenvalue weighted by atomic mass is 10.1. The minimum atomic E-state index is -4.56. The summed E-state index contributed by atoms with van der Waals surface area (Å²) in [5, 5.41) is 12.4. The van der Waals surface area contributed by atoms with E-state index in [9.17, 15) is 27.5 Å². The average molecular weight is 371 g/mol. The predicted molar refractivity (Wildman–Crippen MR) is 87.3 cm³/mol. The number of benzene rings is 2. The van der Waals surface area contributed by atoms with Gasteiger partial charge in [0.1, 0.15) is 18.2 Å². The molecular weight excluding hydrogens is 354 g/mol. The van der Waals surface area contributed by atoms with Crippen LogP contribution < -0.4 is 10.1 Å². The number of carbonyl (C=O) groups excluding carboxylic acids is 1. The number of rotatable bonds is 5. The molecule has 0 aromatic heterocycles. The van der Waals surface area contributed by atoms with Gasteiger partial charge in [0.25, 0.3) is 5.91 Å². The van der Waals surface area contributed by atoms with E-state index >= 15 is 0 Å². The van der Waals surface area contributed by atoms with E-state index in [1.54, 1.807) is 0 Å². The van der Waals surface area contributed by atoms with Crippen LogP contribution in [0.2, 0.25) is 0 Å². The van der Waals surface area contributed by atoms with Crippen LogP contribution in [0.1, 0.15) is 18.1 Å². The lowest BCUT2D eigenvalue weighted by Gasteiger charge is -2.23. The molecule has 0 saturated heterocycles. The number of alkyl halides is 3. The maximum Gasteiger partial charge on any atom is 0.416 e. The fourth-order valence-electron chi connectivity index (χ4n) is 2.09. The van der Waals surface area contributed by atoms with E-state index in [0.717, 1.165) is 25.1 Å². The Balaban J connectivity index is 2.06. The number of hydrogen-bond donors (Lipinski definition) is 2. The van der Waals surface area contributed by atoms with E-state index in [0.29, 0.717) is 0 Å². The van der Waals surface area contributed by atoms with Gasteiger partial charge < -0.3 is 15.2 Å². The first-order valence-electron chi connectivity index (χ1n) is 7.59. The molecule has 0 fully saturated rings. The molecule has 0 bridgehead atoms. The van der Waals surface area contributed by atoms with Crippen LogP contribution in [-0.4, -0.2) is 23.2 Å². The van der Waals surface area contributed by atoms with Gasteiger partial charge in [-0.1, -0.05) is 6.07 Å². The SMILES string of the molecule is Cc1ccc(NC(=O)[C@@](C)(O)COc2ccc(F)cc2)cc1C(F)(F)F. The van der Waals surface area contributed by atoms with Crippen molar-refractivity contribution in [2.24, 2.45) is 0 Å². The number of aliphatic hydroxyl groups is 1. The Morgan fingerprint density at radius 3 is 2.35 bits per heavy atom.